The van der Waals surface area contributed by atoms with Gasteiger partial charge >= 0.3 is 6.09 Å². The Kier molecular flexibility index (Phi) is 5.27. The maximum Gasteiger partial charge on any atom is 0.407 e. The van der Waals surface area contributed by atoms with E-state index in [1.807, 2.05) is 20.8 Å². The van der Waals surface area contributed by atoms with Gasteiger partial charge in [-0.2, -0.15) is 11.3 Å². The molecule has 0 radical (unpaired) electrons. The molecule has 1 saturated heterocycles. The molecule has 2 unspecified atom stereocenters. The van der Waals surface area contributed by atoms with Crippen LogP contribution in [-0.2, 0) is 11.2 Å². The van der Waals surface area contributed by atoms with E-state index in [0.29, 0.717) is 5.92 Å². The molecule has 0 saturated carbocycles. The summed E-state index contributed by atoms with van der Waals surface area (Å²) in [6, 6.07) is 2.36. The Morgan fingerprint density at radius 3 is 2.86 bits per heavy atom. The summed E-state index contributed by atoms with van der Waals surface area (Å²) in [5.74, 6) is 0.582. The van der Waals surface area contributed by atoms with Crippen molar-refractivity contribution < 1.29 is 9.53 Å². The number of nitrogens with zero attached hydrogens (tertiary/aromatic N) is 1. The molecule has 1 fully saturated rings. The summed E-state index contributed by atoms with van der Waals surface area (Å²) in [4.78, 5) is 14.2. The van der Waals surface area contributed by atoms with E-state index in [9.17, 15) is 4.79 Å². The number of carbonyl (C=O) groups is 1. The maximum atomic E-state index is 11.9. The second-order valence-corrected chi connectivity index (χ2v) is 7.78. The summed E-state index contributed by atoms with van der Waals surface area (Å²) < 4.78 is 5.35. The summed E-state index contributed by atoms with van der Waals surface area (Å²) in [5, 5.41) is 7.35. The quantitative estimate of drug-likeness (QED) is 0.932. The van der Waals surface area contributed by atoms with Gasteiger partial charge in [0.2, 0.25) is 0 Å². The molecule has 4 nitrogen and oxygen atoms in total. The fourth-order valence-electron chi connectivity index (χ4n) is 2.91. The van der Waals surface area contributed by atoms with Gasteiger partial charge in [-0.15, -0.1) is 0 Å². The summed E-state index contributed by atoms with van der Waals surface area (Å²) >= 11 is 1.74. The maximum absolute atomic E-state index is 11.9. The highest BCUT2D eigenvalue weighted by molar-refractivity contribution is 7.07. The van der Waals surface area contributed by atoms with Gasteiger partial charge in [0.1, 0.15) is 5.60 Å². The molecule has 118 valence electrons. The van der Waals surface area contributed by atoms with Crippen LogP contribution in [-0.4, -0.2) is 42.8 Å². The van der Waals surface area contributed by atoms with Crippen LogP contribution >= 0.6 is 11.3 Å². The minimum absolute atomic E-state index is 0.169. The van der Waals surface area contributed by atoms with Crippen molar-refractivity contribution in [3.8, 4) is 0 Å². The van der Waals surface area contributed by atoms with Gasteiger partial charge in [0.25, 0.3) is 0 Å². The van der Waals surface area contributed by atoms with E-state index in [1.165, 1.54) is 5.56 Å². The van der Waals surface area contributed by atoms with Crippen LogP contribution in [0.5, 0.6) is 0 Å². The van der Waals surface area contributed by atoms with Crippen molar-refractivity contribution in [2.24, 2.45) is 5.92 Å². The molecular weight excluding hydrogens is 284 g/mol. The predicted octanol–water partition coefficient (Wildman–Crippen LogP) is 3.14. The molecule has 0 aliphatic carbocycles. The van der Waals surface area contributed by atoms with Crippen molar-refractivity contribution in [2.45, 2.75) is 45.3 Å². The van der Waals surface area contributed by atoms with Crippen LogP contribution < -0.4 is 5.32 Å². The van der Waals surface area contributed by atoms with Crippen molar-refractivity contribution in [3.63, 3.8) is 0 Å². The third-order valence-corrected chi connectivity index (χ3v) is 4.28. The SMILES string of the molecule is CN1CC(Cc2ccsc2)CC(NC(=O)OC(C)(C)C)C1. The molecule has 2 atom stereocenters. The molecule has 0 bridgehead atoms. The zero-order valence-corrected chi connectivity index (χ0v) is 14.2. The van der Waals surface area contributed by atoms with Crippen LogP contribution in [0.15, 0.2) is 16.8 Å². The van der Waals surface area contributed by atoms with Gasteiger partial charge in [0.15, 0.2) is 0 Å². The highest BCUT2D eigenvalue weighted by atomic mass is 32.1. The van der Waals surface area contributed by atoms with Crippen molar-refractivity contribution in [1.29, 1.82) is 0 Å². The average molecular weight is 310 g/mol. The van der Waals surface area contributed by atoms with Crippen LogP contribution in [0.2, 0.25) is 0 Å². The van der Waals surface area contributed by atoms with E-state index in [2.05, 4.69) is 34.1 Å². The third kappa shape index (κ3) is 5.67. The Balaban J connectivity index is 1.87. The lowest BCUT2D eigenvalue weighted by Gasteiger charge is -2.36. The van der Waals surface area contributed by atoms with E-state index in [-0.39, 0.29) is 12.1 Å². The highest BCUT2D eigenvalue weighted by Gasteiger charge is 2.28. The van der Waals surface area contributed by atoms with E-state index in [1.54, 1.807) is 11.3 Å². The van der Waals surface area contributed by atoms with Crippen molar-refractivity contribution in [2.75, 3.05) is 20.1 Å². The van der Waals surface area contributed by atoms with Gasteiger partial charge in [-0.3, -0.25) is 0 Å². The molecule has 1 aromatic heterocycles. The molecule has 21 heavy (non-hydrogen) atoms. The lowest BCUT2D eigenvalue weighted by molar-refractivity contribution is 0.0461. The number of thiophene rings is 1. The number of alkyl carbamates (subject to hydrolysis) is 1. The fourth-order valence-corrected chi connectivity index (χ4v) is 3.59. The molecule has 1 aliphatic heterocycles. The Morgan fingerprint density at radius 2 is 2.24 bits per heavy atom. The fraction of sp³-hybridized carbons (Fsp3) is 0.688. The first-order chi connectivity index (χ1) is 9.82. The third-order valence-electron chi connectivity index (χ3n) is 3.55. The van der Waals surface area contributed by atoms with Gasteiger partial charge in [0.05, 0.1) is 0 Å². The lowest BCUT2D eigenvalue weighted by Crippen LogP contribution is -2.50. The second-order valence-electron chi connectivity index (χ2n) is 7.00. The normalized spacial score (nSPS) is 23.8. The Labute approximate surface area is 131 Å². The zero-order valence-electron chi connectivity index (χ0n) is 13.4. The molecule has 1 N–H and O–H groups in total. The molecule has 2 rings (SSSR count). The number of nitrogens with one attached hydrogen (secondary N) is 1. The number of ether oxygens (including phenoxy) is 1. The highest BCUT2D eigenvalue weighted by Crippen LogP contribution is 2.22. The lowest BCUT2D eigenvalue weighted by atomic mass is 9.90. The smallest absolute Gasteiger partial charge is 0.407 e. The summed E-state index contributed by atoms with van der Waals surface area (Å²) in [6.07, 6.45) is 1.79. The van der Waals surface area contributed by atoms with Crippen LogP contribution in [0.4, 0.5) is 4.79 Å². The average Bonchev–Trinajstić information content (AvgIpc) is 2.77. The number of likely N-dealkylation sites (tertiary alicyclic amines) is 1. The first-order valence-electron chi connectivity index (χ1n) is 7.51. The van der Waals surface area contributed by atoms with Crippen molar-refractivity contribution >= 4 is 17.4 Å². The van der Waals surface area contributed by atoms with Crippen LogP contribution in [0, 0.1) is 5.92 Å². The number of hydrogen-bond donors (Lipinski definition) is 1. The van der Waals surface area contributed by atoms with Gasteiger partial charge in [0, 0.05) is 19.1 Å². The first-order valence-corrected chi connectivity index (χ1v) is 8.45. The number of piperidine rings is 1. The number of carbonyl (C=O) groups excluding carboxylic acids is 1. The first kappa shape index (κ1) is 16.3. The summed E-state index contributed by atoms with van der Waals surface area (Å²) in [7, 11) is 2.11. The standard InChI is InChI=1S/C16H26N2O2S/c1-16(2,3)20-15(19)17-14-8-13(9-18(4)10-14)7-12-5-6-21-11-12/h5-6,11,13-14H,7-10H2,1-4H3,(H,17,19). The molecule has 0 aromatic carbocycles. The van der Waals surface area contributed by atoms with Crippen LogP contribution in [0.3, 0.4) is 0 Å². The van der Waals surface area contributed by atoms with Gasteiger partial charge in [-0.25, -0.2) is 4.79 Å². The Hall–Kier alpha value is -1.07. The molecule has 0 spiro atoms. The molecular formula is C16H26N2O2S. The Bertz CT molecular complexity index is 453. The molecule has 1 aliphatic rings. The van der Waals surface area contributed by atoms with E-state index in [0.717, 1.165) is 25.9 Å². The van der Waals surface area contributed by atoms with E-state index >= 15 is 0 Å². The largest absolute Gasteiger partial charge is 0.444 e. The van der Waals surface area contributed by atoms with Crippen molar-refractivity contribution in [3.05, 3.63) is 22.4 Å². The topological polar surface area (TPSA) is 41.6 Å². The second kappa shape index (κ2) is 6.79. The summed E-state index contributed by atoms with van der Waals surface area (Å²) in [6.45, 7) is 7.64. The monoisotopic (exact) mass is 310 g/mol. The zero-order chi connectivity index (χ0) is 15.5. The van der Waals surface area contributed by atoms with Crippen molar-refractivity contribution in [1.82, 2.24) is 10.2 Å². The van der Waals surface area contributed by atoms with Crippen LogP contribution in [0.25, 0.3) is 0 Å². The number of amides is 1. The Morgan fingerprint density at radius 1 is 1.48 bits per heavy atom. The van der Waals surface area contributed by atoms with Gasteiger partial charge < -0.3 is 15.0 Å². The molecule has 5 heteroatoms. The van der Waals surface area contributed by atoms with E-state index in [4.69, 9.17) is 4.74 Å². The van der Waals surface area contributed by atoms with Gasteiger partial charge in [-0.05, 0) is 69.0 Å². The number of likely N-dealkylation sites (N-methyl/N-ethyl adjacent to an activating group) is 1. The van der Waals surface area contributed by atoms with Crippen LogP contribution in [0.1, 0.15) is 32.8 Å². The summed E-state index contributed by atoms with van der Waals surface area (Å²) in [5.41, 5.74) is 0.956. The van der Waals surface area contributed by atoms with E-state index < -0.39 is 5.60 Å². The van der Waals surface area contributed by atoms with Gasteiger partial charge in [-0.1, -0.05) is 0 Å². The minimum Gasteiger partial charge on any atom is -0.444 e. The molecule has 1 amide bonds. The number of rotatable bonds is 3. The number of hydrogen-bond acceptors (Lipinski definition) is 4. The minimum atomic E-state index is -0.444. The molecule has 1 aromatic rings. The molecule has 2 heterocycles. The predicted molar refractivity (Wildman–Crippen MR) is 86.8 cm³/mol.